The van der Waals surface area contributed by atoms with E-state index in [-0.39, 0.29) is 11.4 Å². The van der Waals surface area contributed by atoms with Crippen molar-refractivity contribution in [2.24, 2.45) is 0 Å². The molecule has 5 heterocycles. The summed E-state index contributed by atoms with van der Waals surface area (Å²) in [5.74, 6) is 0.800. The summed E-state index contributed by atoms with van der Waals surface area (Å²) >= 11 is 3.52. The van der Waals surface area contributed by atoms with Crippen LogP contribution in [0.4, 0.5) is 13.2 Å². The minimum Gasteiger partial charge on any atom is -0.308 e. The quantitative estimate of drug-likeness (QED) is 0.173. The fourth-order valence-electron chi connectivity index (χ4n) is 10.4. The molecule has 0 aliphatic rings. The monoisotopic (exact) mass is 933 g/mol. The third-order valence-electron chi connectivity index (χ3n) is 13.5. The molecule has 0 aliphatic carbocycles. The zero-order valence-corrected chi connectivity index (χ0v) is 38.2. The second kappa shape index (κ2) is 14.9. The van der Waals surface area contributed by atoms with E-state index in [2.05, 4.69) is 124 Å². The van der Waals surface area contributed by atoms with Gasteiger partial charge in [-0.15, -0.1) is 22.7 Å². The first-order valence-electron chi connectivity index (χ1n) is 22.6. The van der Waals surface area contributed by atoms with Crippen LogP contribution in [0.5, 0.6) is 0 Å². The van der Waals surface area contributed by atoms with Crippen LogP contribution in [-0.4, -0.2) is 24.1 Å². The molecule has 5 nitrogen and oxygen atoms in total. The number of hydrogen-bond acceptors (Lipinski definition) is 5. The number of rotatable bonds is 5. The van der Waals surface area contributed by atoms with E-state index in [9.17, 15) is 0 Å². The van der Waals surface area contributed by atoms with Crippen molar-refractivity contribution in [1.29, 1.82) is 0 Å². The van der Waals surface area contributed by atoms with Crippen molar-refractivity contribution in [3.05, 3.63) is 199 Å². The number of nitrogens with zero attached hydrogens (tertiary/aromatic N) is 5. The van der Waals surface area contributed by atoms with Gasteiger partial charge < -0.3 is 9.13 Å². The third kappa shape index (κ3) is 6.05. The molecule has 0 fully saturated rings. The van der Waals surface area contributed by atoms with Crippen LogP contribution in [0.25, 0.3) is 129 Å². The van der Waals surface area contributed by atoms with Crippen LogP contribution in [0, 0.1) is 6.92 Å². The number of thiophene rings is 2. The molecule has 0 saturated heterocycles. The minimum atomic E-state index is -4.64. The molecule has 0 saturated carbocycles. The Balaban J connectivity index is 1.06. The van der Waals surface area contributed by atoms with Crippen LogP contribution in [0.1, 0.15) is 11.1 Å². The zero-order chi connectivity index (χ0) is 46.1. The van der Waals surface area contributed by atoms with Gasteiger partial charge in [0.05, 0.1) is 39.0 Å². The van der Waals surface area contributed by atoms with Gasteiger partial charge in [-0.05, 0) is 73.7 Å². The summed E-state index contributed by atoms with van der Waals surface area (Å²) in [6.45, 7) is 2.03. The molecule has 0 radical (unpaired) electrons. The Morgan fingerprint density at radius 2 is 0.870 bits per heavy atom. The van der Waals surface area contributed by atoms with Crippen molar-refractivity contribution < 1.29 is 13.2 Å². The van der Waals surface area contributed by atoms with Gasteiger partial charge in [0.2, 0.25) is 0 Å². The maximum Gasteiger partial charge on any atom is 0.416 e. The normalized spacial score (nSPS) is 12.3. The fraction of sp³-hybridized carbons (Fsp3) is 0.0339. The predicted octanol–water partition coefficient (Wildman–Crippen LogP) is 17.1. The van der Waals surface area contributed by atoms with Gasteiger partial charge in [0.1, 0.15) is 0 Å². The van der Waals surface area contributed by atoms with E-state index >= 15 is 13.2 Å². The van der Waals surface area contributed by atoms with Crippen LogP contribution in [0.3, 0.4) is 0 Å². The number of benzene rings is 9. The van der Waals surface area contributed by atoms with Gasteiger partial charge in [-0.3, -0.25) is 0 Å². The van der Waals surface area contributed by atoms with Crippen molar-refractivity contribution in [2.75, 3.05) is 0 Å². The lowest BCUT2D eigenvalue weighted by atomic mass is 10.0. The molecule has 0 spiro atoms. The Morgan fingerprint density at radius 1 is 0.406 bits per heavy atom. The van der Waals surface area contributed by atoms with E-state index in [1.807, 2.05) is 61.5 Å². The number of para-hydroxylation sites is 2. The molecular formula is C59H34F3N5S2. The summed E-state index contributed by atoms with van der Waals surface area (Å²) in [5, 5.41) is 9.05. The Morgan fingerprint density at radius 3 is 1.42 bits per heavy atom. The fourth-order valence-corrected chi connectivity index (χ4v) is 13.0. The second-order valence-corrected chi connectivity index (χ2v) is 19.6. The van der Waals surface area contributed by atoms with Crippen molar-refractivity contribution in [1.82, 2.24) is 24.1 Å². The first-order valence-corrected chi connectivity index (χ1v) is 24.2. The highest BCUT2D eigenvalue weighted by Crippen LogP contribution is 2.47. The molecule has 9 aromatic carbocycles. The molecule has 328 valence electrons. The van der Waals surface area contributed by atoms with E-state index in [0.29, 0.717) is 28.5 Å². The molecule has 69 heavy (non-hydrogen) atoms. The van der Waals surface area contributed by atoms with Crippen molar-refractivity contribution in [3.63, 3.8) is 0 Å². The lowest BCUT2D eigenvalue weighted by Gasteiger charge is -2.18. The van der Waals surface area contributed by atoms with Gasteiger partial charge in [0.15, 0.2) is 17.5 Å². The average molecular weight is 934 g/mol. The highest BCUT2D eigenvalue weighted by molar-refractivity contribution is 7.27. The second-order valence-electron chi connectivity index (χ2n) is 17.5. The molecule has 10 heteroatoms. The first-order chi connectivity index (χ1) is 33.8. The Bertz CT molecular complexity index is 4440. The summed E-state index contributed by atoms with van der Waals surface area (Å²) in [6, 6.07) is 61.8. The van der Waals surface area contributed by atoms with Gasteiger partial charge in [0, 0.05) is 78.6 Å². The Kier molecular flexibility index (Phi) is 8.63. The van der Waals surface area contributed by atoms with Crippen LogP contribution in [0.2, 0.25) is 0 Å². The average Bonchev–Trinajstić information content (AvgIpc) is 4.14. The van der Waals surface area contributed by atoms with Crippen molar-refractivity contribution >= 4 is 107 Å². The Hall–Kier alpha value is -8.18. The molecule has 14 rings (SSSR count). The lowest BCUT2D eigenvalue weighted by Crippen LogP contribution is -2.09. The summed E-state index contributed by atoms with van der Waals surface area (Å²) in [5.41, 5.74) is 6.94. The van der Waals surface area contributed by atoms with E-state index in [1.54, 1.807) is 28.7 Å². The van der Waals surface area contributed by atoms with E-state index in [0.717, 1.165) is 71.0 Å². The van der Waals surface area contributed by atoms with Gasteiger partial charge >= 0.3 is 6.18 Å². The highest BCUT2D eigenvalue weighted by Gasteiger charge is 2.33. The molecular weight excluding hydrogens is 900 g/mol. The van der Waals surface area contributed by atoms with Crippen LogP contribution < -0.4 is 0 Å². The summed E-state index contributed by atoms with van der Waals surface area (Å²) in [6.07, 6.45) is -4.64. The molecule has 0 N–H and O–H groups in total. The standard InChI is InChI=1S/C59H34F3N5S2/c1-33-23-27-46(66-44-19-9-5-17-40(44)52-48(66)29-25-38-36-15-7-11-21-50(36)68-54(38)52)42(31-33)57-63-56(34-13-3-2-4-14-34)64-58(65-57)43-32-35(59(60,61)62)24-28-47(43)67-45-20-10-6-18-41(45)53-49(67)30-26-39-37-16-8-12-22-51(37)69-55(39)53/h2-32H,1H3. The number of hydrogen-bond donors (Lipinski definition) is 0. The summed E-state index contributed by atoms with van der Waals surface area (Å²) in [4.78, 5) is 15.6. The van der Waals surface area contributed by atoms with E-state index in [4.69, 9.17) is 15.0 Å². The van der Waals surface area contributed by atoms with Gasteiger partial charge in [0.25, 0.3) is 0 Å². The highest BCUT2D eigenvalue weighted by atomic mass is 32.1. The van der Waals surface area contributed by atoms with Gasteiger partial charge in [-0.1, -0.05) is 127 Å². The minimum absolute atomic E-state index is 0.121. The summed E-state index contributed by atoms with van der Waals surface area (Å²) < 4.78 is 54.2. The number of aromatic nitrogens is 5. The first kappa shape index (κ1) is 39.9. The number of halogens is 3. The lowest BCUT2D eigenvalue weighted by molar-refractivity contribution is -0.137. The molecule has 14 aromatic rings. The zero-order valence-electron chi connectivity index (χ0n) is 36.6. The number of alkyl halides is 3. The third-order valence-corrected chi connectivity index (χ3v) is 15.9. The smallest absolute Gasteiger partial charge is 0.308 e. The number of fused-ring (bicyclic) bond motifs is 14. The maximum atomic E-state index is 15.0. The molecule has 5 aromatic heterocycles. The number of aryl methyl sites for hydroxylation is 1. The molecule has 0 bridgehead atoms. The van der Waals surface area contributed by atoms with E-state index < -0.39 is 11.7 Å². The van der Waals surface area contributed by atoms with Crippen LogP contribution in [-0.2, 0) is 6.18 Å². The summed E-state index contributed by atoms with van der Waals surface area (Å²) in [7, 11) is 0. The topological polar surface area (TPSA) is 48.5 Å². The SMILES string of the molecule is Cc1ccc(-n2c3ccccc3c3c4sc5ccccc5c4ccc32)c(-c2nc(-c3ccccc3)nc(-c3cc(C(F)(F)F)ccc3-n3c4ccccc4c4c5sc6ccccc6c5ccc43)n2)c1. The van der Waals surface area contributed by atoms with Gasteiger partial charge in [-0.25, -0.2) is 15.0 Å². The predicted molar refractivity (Wildman–Crippen MR) is 280 cm³/mol. The molecule has 0 atom stereocenters. The van der Waals surface area contributed by atoms with Gasteiger partial charge in [-0.2, -0.15) is 13.2 Å². The van der Waals surface area contributed by atoms with E-state index in [1.165, 1.54) is 36.3 Å². The van der Waals surface area contributed by atoms with Crippen LogP contribution >= 0.6 is 22.7 Å². The Labute approximate surface area is 399 Å². The van der Waals surface area contributed by atoms with Crippen molar-refractivity contribution in [3.8, 4) is 45.5 Å². The maximum absolute atomic E-state index is 15.0. The molecule has 0 amide bonds. The van der Waals surface area contributed by atoms with Crippen molar-refractivity contribution in [2.45, 2.75) is 13.1 Å². The molecule has 0 aliphatic heterocycles. The van der Waals surface area contributed by atoms with Crippen LogP contribution in [0.15, 0.2) is 188 Å². The largest absolute Gasteiger partial charge is 0.416 e. The molecule has 0 unspecified atom stereocenters.